The lowest BCUT2D eigenvalue weighted by atomic mass is 10.2. The third kappa shape index (κ3) is 3.10. The average Bonchev–Trinajstić information content (AvgIpc) is 2.94. The Bertz CT molecular complexity index is 484. The van der Waals surface area contributed by atoms with E-state index in [1.54, 1.807) is 11.8 Å². The number of halogens is 1. The van der Waals surface area contributed by atoms with Gasteiger partial charge in [-0.25, -0.2) is 4.39 Å². The monoisotopic (exact) mass is 265 g/mol. The summed E-state index contributed by atoms with van der Waals surface area (Å²) in [5.74, 6) is -0.771. The van der Waals surface area contributed by atoms with Crippen molar-refractivity contribution in [3.63, 3.8) is 0 Å². The number of carbonyl (C=O) groups excluding carboxylic acids is 2. The van der Waals surface area contributed by atoms with Crippen LogP contribution in [0.25, 0.3) is 0 Å². The van der Waals surface area contributed by atoms with E-state index in [0.29, 0.717) is 6.29 Å². The second-order valence-electron chi connectivity index (χ2n) is 4.60. The predicted molar refractivity (Wildman–Crippen MR) is 67.7 cm³/mol. The highest BCUT2D eigenvalue weighted by atomic mass is 19.1. The second-order valence-corrected chi connectivity index (χ2v) is 4.60. The molecule has 1 fully saturated rings. The highest BCUT2D eigenvalue weighted by Gasteiger charge is 2.25. The summed E-state index contributed by atoms with van der Waals surface area (Å²) in [5, 5.41) is 0. The Morgan fingerprint density at radius 3 is 2.68 bits per heavy atom. The molecule has 1 aromatic carbocycles. The summed E-state index contributed by atoms with van der Waals surface area (Å²) < 4.78 is 19.0. The molecule has 1 amide bonds. The molecule has 0 aromatic heterocycles. The van der Waals surface area contributed by atoms with E-state index < -0.39 is 11.9 Å². The van der Waals surface area contributed by atoms with Gasteiger partial charge in [0, 0.05) is 18.7 Å². The fourth-order valence-corrected chi connectivity index (χ4v) is 2.12. The van der Waals surface area contributed by atoms with E-state index in [0.717, 1.165) is 32.0 Å². The Hall–Kier alpha value is -1.91. The normalized spacial score (nSPS) is 16.2. The van der Waals surface area contributed by atoms with Gasteiger partial charge in [-0.3, -0.25) is 9.59 Å². The maximum absolute atomic E-state index is 13.6. The van der Waals surface area contributed by atoms with Crippen molar-refractivity contribution < 1.29 is 18.7 Å². The summed E-state index contributed by atoms with van der Waals surface area (Å²) in [6, 6.07) is 3.92. The molecule has 0 aliphatic carbocycles. The number of nitrogens with zero attached hydrogens (tertiary/aromatic N) is 1. The van der Waals surface area contributed by atoms with Crippen molar-refractivity contribution in [1.29, 1.82) is 0 Å². The zero-order chi connectivity index (χ0) is 13.8. The number of carbonyl (C=O) groups is 2. The first-order valence-corrected chi connectivity index (χ1v) is 6.32. The molecule has 19 heavy (non-hydrogen) atoms. The first kappa shape index (κ1) is 13.5. The fourth-order valence-electron chi connectivity index (χ4n) is 2.12. The zero-order valence-electron chi connectivity index (χ0n) is 10.8. The van der Waals surface area contributed by atoms with Crippen LogP contribution in [0.15, 0.2) is 18.2 Å². The minimum Gasteiger partial charge on any atom is -0.478 e. The molecular weight excluding hydrogens is 249 g/mol. The standard InChI is InChI=1S/C14H16FNO3/c1-10(14(18)16-6-2-3-7-16)19-13-5-4-11(9-17)8-12(13)15/h4-5,8-10H,2-3,6-7H2,1H3. The van der Waals surface area contributed by atoms with Crippen LogP contribution in [0.4, 0.5) is 4.39 Å². The molecule has 1 aliphatic heterocycles. The maximum Gasteiger partial charge on any atom is 0.263 e. The van der Waals surface area contributed by atoms with Crippen LogP contribution in [0.3, 0.4) is 0 Å². The SMILES string of the molecule is CC(Oc1ccc(C=O)cc1F)C(=O)N1CCCC1. The summed E-state index contributed by atoms with van der Waals surface area (Å²) in [6.45, 7) is 3.08. The molecule has 1 saturated heterocycles. The highest BCUT2D eigenvalue weighted by Crippen LogP contribution is 2.20. The quantitative estimate of drug-likeness (QED) is 0.782. The molecule has 2 rings (SSSR count). The lowest BCUT2D eigenvalue weighted by Gasteiger charge is -2.21. The topological polar surface area (TPSA) is 46.6 Å². The van der Waals surface area contributed by atoms with Crippen LogP contribution in [0.1, 0.15) is 30.1 Å². The van der Waals surface area contributed by atoms with Gasteiger partial charge in [-0.2, -0.15) is 0 Å². The van der Waals surface area contributed by atoms with Gasteiger partial charge in [0.2, 0.25) is 0 Å². The summed E-state index contributed by atoms with van der Waals surface area (Å²) in [7, 11) is 0. The van der Waals surface area contributed by atoms with Crippen LogP contribution in [0.5, 0.6) is 5.75 Å². The molecule has 1 heterocycles. The van der Waals surface area contributed by atoms with Crippen molar-refractivity contribution in [2.75, 3.05) is 13.1 Å². The molecule has 4 nitrogen and oxygen atoms in total. The van der Waals surface area contributed by atoms with Crippen molar-refractivity contribution in [2.24, 2.45) is 0 Å². The van der Waals surface area contributed by atoms with Crippen molar-refractivity contribution >= 4 is 12.2 Å². The maximum atomic E-state index is 13.6. The third-order valence-electron chi connectivity index (χ3n) is 3.16. The van der Waals surface area contributed by atoms with Crippen molar-refractivity contribution in [3.8, 4) is 5.75 Å². The molecule has 0 radical (unpaired) electrons. The van der Waals surface area contributed by atoms with Gasteiger partial charge in [-0.05, 0) is 38.0 Å². The number of aldehydes is 1. The first-order valence-electron chi connectivity index (χ1n) is 6.32. The van der Waals surface area contributed by atoms with E-state index in [-0.39, 0.29) is 17.2 Å². The van der Waals surface area contributed by atoms with Crippen LogP contribution < -0.4 is 4.74 Å². The average molecular weight is 265 g/mol. The summed E-state index contributed by atoms with van der Waals surface area (Å²) in [4.78, 5) is 24.2. The van der Waals surface area contributed by atoms with Gasteiger partial charge in [0.15, 0.2) is 17.7 Å². The Morgan fingerprint density at radius 1 is 1.42 bits per heavy atom. The summed E-state index contributed by atoms with van der Waals surface area (Å²) >= 11 is 0. The minimum absolute atomic E-state index is 0.00866. The Kier molecular flexibility index (Phi) is 4.14. The lowest BCUT2D eigenvalue weighted by molar-refractivity contribution is -0.136. The van der Waals surface area contributed by atoms with Gasteiger partial charge in [0.05, 0.1) is 0 Å². The first-order chi connectivity index (χ1) is 9.11. The molecule has 102 valence electrons. The van der Waals surface area contributed by atoms with E-state index in [1.807, 2.05) is 0 Å². The van der Waals surface area contributed by atoms with Gasteiger partial charge < -0.3 is 9.64 Å². The summed E-state index contributed by atoms with van der Waals surface area (Å²) in [5.41, 5.74) is 0.239. The molecule has 0 saturated carbocycles. The predicted octanol–water partition coefficient (Wildman–Crippen LogP) is 2.03. The van der Waals surface area contributed by atoms with Crippen molar-refractivity contribution in [2.45, 2.75) is 25.9 Å². The number of amides is 1. The molecule has 1 unspecified atom stereocenters. The number of hydrogen-bond acceptors (Lipinski definition) is 3. The minimum atomic E-state index is -0.727. The Balaban J connectivity index is 2.03. The van der Waals surface area contributed by atoms with Crippen LogP contribution >= 0.6 is 0 Å². The number of likely N-dealkylation sites (tertiary alicyclic amines) is 1. The molecular formula is C14H16FNO3. The van der Waals surface area contributed by atoms with E-state index in [4.69, 9.17) is 4.74 Å². The van der Waals surface area contributed by atoms with E-state index in [2.05, 4.69) is 0 Å². The third-order valence-corrected chi connectivity index (χ3v) is 3.16. The second kappa shape index (κ2) is 5.82. The van der Waals surface area contributed by atoms with Crippen LogP contribution in [0.2, 0.25) is 0 Å². The van der Waals surface area contributed by atoms with Crippen LogP contribution in [0, 0.1) is 5.82 Å². The number of ether oxygens (including phenoxy) is 1. The highest BCUT2D eigenvalue weighted by molar-refractivity contribution is 5.81. The largest absolute Gasteiger partial charge is 0.478 e. The van der Waals surface area contributed by atoms with E-state index in [1.165, 1.54) is 12.1 Å². The Labute approximate surface area is 111 Å². The molecule has 0 bridgehead atoms. The van der Waals surface area contributed by atoms with Gasteiger partial charge in [0.25, 0.3) is 5.91 Å². The van der Waals surface area contributed by atoms with Crippen molar-refractivity contribution in [3.05, 3.63) is 29.6 Å². The van der Waals surface area contributed by atoms with Crippen LogP contribution in [-0.4, -0.2) is 36.3 Å². The smallest absolute Gasteiger partial charge is 0.263 e. The lowest BCUT2D eigenvalue weighted by Crippen LogP contribution is -2.38. The van der Waals surface area contributed by atoms with Gasteiger partial charge in [0.1, 0.15) is 6.29 Å². The number of hydrogen-bond donors (Lipinski definition) is 0. The van der Waals surface area contributed by atoms with Crippen molar-refractivity contribution in [1.82, 2.24) is 4.90 Å². The molecule has 0 N–H and O–H groups in total. The fraction of sp³-hybridized carbons (Fsp3) is 0.429. The number of benzene rings is 1. The van der Waals surface area contributed by atoms with Gasteiger partial charge in [-0.15, -0.1) is 0 Å². The van der Waals surface area contributed by atoms with Gasteiger partial charge in [-0.1, -0.05) is 0 Å². The summed E-state index contributed by atoms with van der Waals surface area (Å²) in [6.07, 6.45) is 1.84. The molecule has 1 aromatic rings. The number of rotatable bonds is 4. The van der Waals surface area contributed by atoms with E-state index >= 15 is 0 Å². The molecule has 0 spiro atoms. The Morgan fingerprint density at radius 2 is 2.11 bits per heavy atom. The molecule has 1 aliphatic rings. The van der Waals surface area contributed by atoms with Crippen LogP contribution in [-0.2, 0) is 4.79 Å². The zero-order valence-corrected chi connectivity index (χ0v) is 10.8. The van der Waals surface area contributed by atoms with Gasteiger partial charge >= 0.3 is 0 Å². The molecule has 5 heteroatoms. The molecule has 1 atom stereocenters. The van der Waals surface area contributed by atoms with E-state index in [9.17, 15) is 14.0 Å².